The fourth-order valence-electron chi connectivity index (χ4n) is 2.03. The number of hydrogen-bond donors (Lipinski definition) is 1. The topological polar surface area (TPSA) is 64.0 Å². The molecule has 0 saturated heterocycles. The predicted octanol–water partition coefficient (Wildman–Crippen LogP) is 0.907. The third-order valence-electron chi connectivity index (χ3n) is 2.89. The minimum Gasteiger partial charge on any atom is -0.352 e. The predicted molar refractivity (Wildman–Crippen MR) is 71.6 cm³/mol. The molecule has 92 valence electrons. The lowest BCUT2D eigenvalue weighted by Gasteiger charge is -2.12. The van der Waals surface area contributed by atoms with Crippen molar-refractivity contribution < 1.29 is 4.79 Å². The molecule has 6 heteroatoms. The first-order valence-electron chi connectivity index (χ1n) is 5.66. The van der Waals surface area contributed by atoms with Crippen molar-refractivity contribution in [1.82, 2.24) is 14.9 Å². The molecule has 0 unspecified atom stereocenters. The van der Waals surface area contributed by atoms with E-state index in [9.17, 15) is 9.59 Å². The zero-order valence-corrected chi connectivity index (χ0v) is 11.5. The molecule has 2 rings (SSSR count). The maximum absolute atomic E-state index is 11.7. The molecule has 0 spiro atoms. The lowest BCUT2D eigenvalue weighted by Crippen LogP contribution is -2.37. The second-order valence-corrected chi connectivity index (χ2v) is 5.39. The average Bonchev–Trinajstić information content (AvgIpc) is 2.77. The van der Waals surface area contributed by atoms with E-state index in [0.717, 1.165) is 12.8 Å². The van der Waals surface area contributed by atoms with Gasteiger partial charge in [0.15, 0.2) is 0 Å². The van der Waals surface area contributed by atoms with Crippen LogP contribution >= 0.6 is 22.6 Å². The van der Waals surface area contributed by atoms with Gasteiger partial charge in [-0.1, -0.05) is 12.8 Å². The van der Waals surface area contributed by atoms with Crippen LogP contribution in [0.4, 0.5) is 0 Å². The normalized spacial score (nSPS) is 16.1. The van der Waals surface area contributed by atoms with Gasteiger partial charge in [0.2, 0.25) is 5.91 Å². The highest BCUT2D eigenvalue weighted by Gasteiger charge is 2.17. The minimum absolute atomic E-state index is 0.0547. The van der Waals surface area contributed by atoms with Crippen LogP contribution in [0.15, 0.2) is 17.3 Å². The highest BCUT2D eigenvalue weighted by molar-refractivity contribution is 14.1. The van der Waals surface area contributed by atoms with Gasteiger partial charge in [-0.05, 0) is 35.4 Å². The largest absolute Gasteiger partial charge is 0.352 e. The van der Waals surface area contributed by atoms with Crippen molar-refractivity contribution in [2.24, 2.45) is 0 Å². The molecule has 1 aromatic rings. The summed E-state index contributed by atoms with van der Waals surface area (Å²) >= 11 is 1.92. The summed E-state index contributed by atoms with van der Waals surface area (Å²) < 4.78 is 1.87. The average molecular weight is 347 g/mol. The highest BCUT2D eigenvalue weighted by atomic mass is 127. The second kappa shape index (κ2) is 5.61. The van der Waals surface area contributed by atoms with Crippen LogP contribution in [0.1, 0.15) is 25.7 Å². The monoisotopic (exact) mass is 347 g/mol. The Morgan fingerprint density at radius 3 is 2.94 bits per heavy atom. The molecular weight excluding hydrogens is 333 g/mol. The summed E-state index contributed by atoms with van der Waals surface area (Å²) in [6, 6.07) is 0.286. The summed E-state index contributed by atoms with van der Waals surface area (Å²) in [7, 11) is 0. The molecule has 1 N–H and O–H groups in total. The number of aromatic nitrogens is 2. The first-order chi connectivity index (χ1) is 8.16. The molecule has 0 aromatic carbocycles. The van der Waals surface area contributed by atoms with E-state index in [2.05, 4.69) is 10.3 Å². The van der Waals surface area contributed by atoms with Gasteiger partial charge in [0.05, 0.1) is 9.90 Å². The zero-order valence-electron chi connectivity index (χ0n) is 9.36. The van der Waals surface area contributed by atoms with Gasteiger partial charge in [-0.2, -0.15) is 0 Å². The van der Waals surface area contributed by atoms with Gasteiger partial charge in [-0.15, -0.1) is 0 Å². The third-order valence-corrected chi connectivity index (χ3v) is 3.63. The van der Waals surface area contributed by atoms with Gasteiger partial charge < -0.3 is 5.32 Å². The van der Waals surface area contributed by atoms with Gasteiger partial charge in [-0.25, -0.2) is 4.98 Å². The number of carbonyl (C=O) groups is 1. The van der Waals surface area contributed by atoms with Crippen molar-refractivity contribution in [2.75, 3.05) is 0 Å². The Morgan fingerprint density at radius 1 is 1.53 bits per heavy atom. The minimum atomic E-state index is -0.165. The molecule has 1 amide bonds. The van der Waals surface area contributed by atoms with Crippen molar-refractivity contribution in [3.8, 4) is 0 Å². The van der Waals surface area contributed by atoms with E-state index in [1.807, 2.05) is 22.6 Å². The van der Waals surface area contributed by atoms with Crippen LogP contribution in [0.5, 0.6) is 0 Å². The fourth-order valence-corrected chi connectivity index (χ4v) is 2.51. The van der Waals surface area contributed by atoms with Gasteiger partial charge in [0, 0.05) is 12.2 Å². The van der Waals surface area contributed by atoms with E-state index in [1.54, 1.807) is 0 Å². The lowest BCUT2D eigenvalue weighted by molar-refractivity contribution is -0.122. The Labute approximate surface area is 113 Å². The maximum Gasteiger partial charge on any atom is 0.267 e. The number of amides is 1. The molecule has 1 saturated carbocycles. The van der Waals surface area contributed by atoms with Crippen LogP contribution in [-0.4, -0.2) is 21.5 Å². The number of nitrogens with one attached hydrogen (secondary N) is 1. The van der Waals surface area contributed by atoms with Crippen LogP contribution in [0, 0.1) is 3.57 Å². The van der Waals surface area contributed by atoms with Crippen molar-refractivity contribution in [3.05, 3.63) is 26.4 Å². The molecule has 1 fully saturated rings. The first kappa shape index (κ1) is 12.5. The van der Waals surface area contributed by atoms with Crippen LogP contribution < -0.4 is 10.9 Å². The summed E-state index contributed by atoms with van der Waals surface area (Å²) in [6.45, 7) is 0.0547. The summed E-state index contributed by atoms with van der Waals surface area (Å²) in [6.07, 6.45) is 7.34. The van der Waals surface area contributed by atoms with E-state index in [0.29, 0.717) is 3.57 Å². The fraction of sp³-hybridized carbons (Fsp3) is 0.545. The Kier molecular flexibility index (Phi) is 4.14. The maximum atomic E-state index is 11.7. The van der Waals surface area contributed by atoms with E-state index < -0.39 is 0 Å². The van der Waals surface area contributed by atoms with Gasteiger partial charge >= 0.3 is 0 Å². The summed E-state index contributed by atoms with van der Waals surface area (Å²) in [5.74, 6) is -0.109. The summed E-state index contributed by atoms with van der Waals surface area (Å²) in [4.78, 5) is 27.3. The van der Waals surface area contributed by atoms with Gasteiger partial charge in [0.25, 0.3) is 5.56 Å². The summed E-state index contributed by atoms with van der Waals surface area (Å²) in [5.41, 5.74) is -0.165. The van der Waals surface area contributed by atoms with E-state index in [4.69, 9.17) is 0 Å². The first-order valence-corrected chi connectivity index (χ1v) is 6.74. The molecule has 1 heterocycles. The number of hydrogen-bond acceptors (Lipinski definition) is 3. The Balaban J connectivity index is 1.98. The molecule has 1 aliphatic rings. The SMILES string of the molecule is O=C(Cn1cncc(I)c1=O)NC1CCCC1. The van der Waals surface area contributed by atoms with Crippen molar-refractivity contribution >= 4 is 28.5 Å². The highest BCUT2D eigenvalue weighted by Crippen LogP contribution is 2.17. The molecule has 0 aliphatic heterocycles. The molecule has 5 nitrogen and oxygen atoms in total. The van der Waals surface area contributed by atoms with Crippen LogP contribution in [0.25, 0.3) is 0 Å². The number of carbonyl (C=O) groups excluding carboxylic acids is 1. The number of nitrogens with zero attached hydrogens (tertiary/aromatic N) is 2. The van der Waals surface area contributed by atoms with Gasteiger partial charge in [0.1, 0.15) is 6.54 Å². The van der Waals surface area contributed by atoms with E-state index >= 15 is 0 Å². The molecule has 17 heavy (non-hydrogen) atoms. The molecule has 0 bridgehead atoms. The zero-order chi connectivity index (χ0) is 12.3. The number of halogens is 1. The Hall–Kier alpha value is -0.920. The molecular formula is C11H14IN3O2. The standard InChI is InChI=1S/C11H14IN3O2/c12-9-5-13-7-15(11(9)17)6-10(16)14-8-3-1-2-4-8/h5,7-8H,1-4,6H2,(H,14,16). The lowest BCUT2D eigenvalue weighted by atomic mass is 10.2. The summed E-state index contributed by atoms with van der Waals surface area (Å²) in [5, 5.41) is 2.95. The molecule has 1 aromatic heterocycles. The van der Waals surface area contributed by atoms with Crippen LogP contribution in [0.3, 0.4) is 0 Å². The van der Waals surface area contributed by atoms with E-state index in [-0.39, 0.29) is 24.1 Å². The molecule has 1 aliphatic carbocycles. The Bertz CT molecular complexity index is 466. The van der Waals surface area contributed by atoms with Crippen molar-refractivity contribution in [1.29, 1.82) is 0 Å². The second-order valence-electron chi connectivity index (χ2n) is 4.22. The third kappa shape index (κ3) is 3.27. The van der Waals surface area contributed by atoms with Crippen molar-refractivity contribution in [2.45, 2.75) is 38.3 Å². The molecule has 0 radical (unpaired) electrons. The van der Waals surface area contributed by atoms with Crippen LogP contribution in [-0.2, 0) is 11.3 Å². The van der Waals surface area contributed by atoms with Crippen LogP contribution in [0.2, 0.25) is 0 Å². The smallest absolute Gasteiger partial charge is 0.267 e. The van der Waals surface area contributed by atoms with E-state index in [1.165, 1.54) is 29.9 Å². The van der Waals surface area contributed by atoms with Crippen molar-refractivity contribution in [3.63, 3.8) is 0 Å². The molecule has 0 atom stereocenters. The quantitative estimate of drug-likeness (QED) is 0.827. The number of rotatable bonds is 3. The Morgan fingerprint density at radius 2 is 2.24 bits per heavy atom. The van der Waals surface area contributed by atoms with Gasteiger partial charge in [-0.3, -0.25) is 14.2 Å².